The molecule has 0 fully saturated rings. The molecule has 2 rings (SSSR count). The Morgan fingerprint density at radius 2 is 1.85 bits per heavy atom. The van der Waals surface area contributed by atoms with Crippen molar-refractivity contribution < 1.29 is 0 Å². The first-order chi connectivity index (χ1) is 6.09. The van der Waals surface area contributed by atoms with Gasteiger partial charge in [-0.05, 0) is 31.0 Å². The van der Waals surface area contributed by atoms with Crippen LogP contribution in [0.2, 0.25) is 10.4 Å². The third kappa shape index (κ3) is 1.41. The first-order valence-electron chi connectivity index (χ1n) is 3.68. The van der Waals surface area contributed by atoms with Crippen LogP contribution in [-0.2, 0) is 0 Å². The predicted molar refractivity (Wildman–Crippen MR) is 56.9 cm³/mol. The highest BCUT2D eigenvalue weighted by atomic mass is 35.5. The van der Waals surface area contributed by atoms with Gasteiger partial charge in [0.15, 0.2) is 0 Å². The van der Waals surface area contributed by atoms with E-state index in [1.807, 2.05) is 13.8 Å². The smallest absolute Gasteiger partial charge is 0.207 e. The van der Waals surface area contributed by atoms with Crippen molar-refractivity contribution in [3.05, 3.63) is 20.9 Å². The summed E-state index contributed by atoms with van der Waals surface area (Å²) in [5.74, 6) is 0. The molecule has 0 aliphatic carbocycles. The molecule has 0 radical (unpaired) electrons. The van der Waals surface area contributed by atoms with Crippen molar-refractivity contribution in [3.63, 3.8) is 0 Å². The van der Waals surface area contributed by atoms with Crippen LogP contribution >= 0.6 is 34.5 Å². The van der Waals surface area contributed by atoms with Crippen molar-refractivity contribution in [2.45, 2.75) is 13.8 Å². The molecule has 0 unspecified atom stereocenters. The molecule has 2 aromatic rings. The Hall–Kier alpha value is -0.380. The summed E-state index contributed by atoms with van der Waals surface area (Å²) < 4.78 is 0. The molecule has 0 bridgehead atoms. The Morgan fingerprint density at radius 1 is 1.15 bits per heavy atom. The van der Waals surface area contributed by atoms with Gasteiger partial charge in [-0.3, -0.25) is 0 Å². The SMILES string of the molecule is Cc1sc2nc(Cl)nc(Cl)c2c1C. The molecule has 0 atom stereocenters. The number of hydrogen-bond donors (Lipinski definition) is 0. The number of thiophene rings is 1. The lowest BCUT2D eigenvalue weighted by molar-refractivity contribution is 1.23. The minimum absolute atomic E-state index is 0.207. The molecule has 0 N–H and O–H groups in total. The Labute approximate surface area is 89.5 Å². The molecule has 0 amide bonds. The van der Waals surface area contributed by atoms with Crippen molar-refractivity contribution in [1.29, 1.82) is 0 Å². The van der Waals surface area contributed by atoms with Crippen molar-refractivity contribution in [2.24, 2.45) is 0 Å². The zero-order valence-electron chi connectivity index (χ0n) is 7.06. The van der Waals surface area contributed by atoms with Crippen molar-refractivity contribution >= 4 is 44.8 Å². The van der Waals surface area contributed by atoms with Gasteiger partial charge in [0.1, 0.15) is 9.98 Å². The van der Waals surface area contributed by atoms with Crippen LogP contribution in [0.3, 0.4) is 0 Å². The lowest BCUT2D eigenvalue weighted by Gasteiger charge is -1.94. The molecule has 68 valence electrons. The average molecular weight is 233 g/mol. The molecule has 0 saturated carbocycles. The summed E-state index contributed by atoms with van der Waals surface area (Å²) in [7, 11) is 0. The summed E-state index contributed by atoms with van der Waals surface area (Å²) in [6, 6.07) is 0. The van der Waals surface area contributed by atoms with Gasteiger partial charge in [0, 0.05) is 4.88 Å². The quantitative estimate of drug-likeness (QED) is 0.513. The van der Waals surface area contributed by atoms with E-state index in [2.05, 4.69) is 9.97 Å². The Bertz CT molecular complexity index is 478. The van der Waals surface area contributed by atoms with Gasteiger partial charge in [0.25, 0.3) is 0 Å². The molecular formula is C8H6Cl2N2S. The minimum atomic E-state index is 0.207. The van der Waals surface area contributed by atoms with Crippen LogP contribution in [0.4, 0.5) is 0 Å². The van der Waals surface area contributed by atoms with Crippen molar-refractivity contribution in [2.75, 3.05) is 0 Å². The van der Waals surface area contributed by atoms with Gasteiger partial charge in [0.2, 0.25) is 5.28 Å². The summed E-state index contributed by atoms with van der Waals surface area (Å²) in [6.07, 6.45) is 0. The van der Waals surface area contributed by atoms with E-state index in [1.54, 1.807) is 11.3 Å². The molecule has 0 spiro atoms. The molecule has 0 aliphatic rings. The maximum absolute atomic E-state index is 5.95. The van der Waals surface area contributed by atoms with E-state index in [1.165, 1.54) is 4.88 Å². The number of nitrogens with zero attached hydrogens (tertiary/aromatic N) is 2. The highest BCUT2D eigenvalue weighted by Gasteiger charge is 2.11. The number of aromatic nitrogens is 2. The lowest BCUT2D eigenvalue weighted by atomic mass is 10.2. The second kappa shape index (κ2) is 3.08. The first-order valence-corrected chi connectivity index (χ1v) is 5.25. The van der Waals surface area contributed by atoms with Crippen LogP contribution in [0.15, 0.2) is 0 Å². The highest BCUT2D eigenvalue weighted by molar-refractivity contribution is 7.18. The van der Waals surface area contributed by atoms with E-state index < -0.39 is 0 Å². The molecule has 0 aromatic carbocycles. The highest BCUT2D eigenvalue weighted by Crippen LogP contribution is 2.33. The van der Waals surface area contributed by atoms with Gasteiger partial charge in [-0.15, -0.1) is 11.3 Å². The zero-order chi connectivity index (χ0) is 9.59. The average Bonchev–Trinajstić information content (AvgIpc) is 2.27. The molecule has 2 aromatic heterocycles. The Kier molecular flexibility index (Phi) is 2.18. The number of halogens is 2. The summed E-state index contributed by atoms with van der Waals surface area (Å²) in [4.78, 5) is 10.1. The second-order valence-electron chi connectivity index (χ2n) is 2.75. The van der Waals surface area contributed by atoms with Crippen molar-refractivity contribution in [1.82, 2.24) is 9.97 Å². The maximum Gasteiger partial charge on any atom is 0.225 e. The summed E-state index contributed by atoms with van der Waals surface area (Å²) in [5.41, 5.74) is 1.14. The molecule has 5 heteroatoms. The van der Waals surface area contributed by atoms with E-state index in [9.17, 15) is 0 Å². The topological polar surface area (TPSA) is 25.8 Å². The Morgan fingerprint density at radius 3 is 2.54 bits per heavy atom. The normalized spacial score (nSPS) is 11.1. The molecule has 2 heterocycles. The van der Waals surface area contributed by atoms with Crippen LogP contribution in [0, 0.1) is 13.8 Å². The van der Waals surface area contributed by atoms with Crippen LogP contribution in [0.25, 0.3) is 10.2 Å². The molecule has 2 nitrogen and oxygen atoms in total. The van der Waals surface area contributed by atoms with Gasteiger partial charge in [-0.25, -0.2) is 9.97 Å². The van der Waals surface area contributed by atoms with Crippen LogP contribution < -0.4 is 0 Å². The zero-order valence-corrected chi connectivity index (χ0v) is 9.39. The van der Waals surface area contributed by atoms with Crippen LogP contribution in [0.5, 0.6) is 0 Å². The fourth-order valence-corrected chi connectivity index (χ4v) is 2.84. The van der Waals surface area contributed by atoms with Gasteiger partial charge in [-0.2, -0.15) is 0 Å². The third-order valence-electron chi connectivity index (χ3n) is 1.96. The van der Waals surface area contributed by atoms with Gasteiger partial charge in [-0.1, -0.05) is 11.6 Å². The number of hydrogen-bond acceptors (Lipinski definition) is 3. The van der Waals surface area contributed by atoms with Gasteiger partial charge >= 0.3 is 0 Å². The van der Waals surface area contributed by atoms with E-state index in [0.29, 0.717) is 5.15 Å². The minimum Gasteiger partial charge on any atom is -0.207 e. The Balaban J connectivity index is 2.94. The van der Waals surface area contributed by atoms with E-state index >= 15 is 0 Å². The molecule has 0 saturated heterocycles. The van der Waals surface area contributed by atoms with Crippen LogP contribution in [-0.4, -0.2) is 9.97 Å². The number of fused-ring (bicyclic) bond motifs is 1. The van der Waals surface area contributed by atoms with Crippen LogP contribution in [0.1, 0.15) is 10.4 Å². The predicted octanol–water partition coefficient (Wildman–Crippen LogP) is 3.61. The summed E-state index contributed by atoms with van der Waals surface area (Å²) in [6.45, 7) is 4.04. The fraction of sp³-hybridized carbons (Fsp3) is 0.250. The van der Waals surface area contributed by atoms with Gasteiger partial charge < -0.3 is 0 Å². The third-order valence-corrected chi connectivity index (χ3v) is 3.50. The van der Waals surface area contributed by atoms with E-state index in [-0.39, 0.29) is 5.28 Å². The molecule has 0 aliphatic heterocycles. The standard InChI is InChI=1S/C8H6Cl2N2S/c1-3-4(2)13-7-5(3)6(9)11-8(10)12-7/h1-2H3. The molecule has 13 heavy (non-hydrogen) atoms. The maximum atomic E-state index is 5.95. The largest absolute Gasteiger partial charge is 0.225 e. The number of rotatable bonds is 0. The van der Waals surface area contributed by atoms with E-state index in [4.69, 9.17) is 23.2 Å². The van der Waals surface area contributed by atoms with Crippen molar-refractivity contribution in [3.8, 4) is 0 Å². The lowest BCUT2D eigenvalue weighted by Crippen LogP contribution is -1.83. The monoisotopic (exact) mass is 232 g/mol. The fourth-order valence-electron chi connectivity index (χ4n) is 1.18. The summed E-state index contributed by atoms with van der Waals surface area (Å²) >= 11 is 13.2. The second-order valence-corrected chi connectivity index (χ2v) is 4.65. The molecular weight excluding hydrogens is 227 g/mol. The number of aryl methyl sites for hydroxylation is 2. The summed E-state index contributed by atoms with van der Waals surface area (Å²) in [5, 5.41) is 1.57. The van der Waals surface area contributed by atoms with E-state index in [0.717, 1.165) is 15.8 Å². The first kappa shape index (κ1) is 9.19. The van der Waals surface area contributed by atoms with Gasteiger partial charge in [0.05, 0.1) is 5.39 Å².